The quantitative estimate of drug-likeness (QED) is 0.627. The van der Waals surface area contributed by atoms with Gasteiger partial charge in [0, 0.05) is 24.1 Å². The average Bonchev–Trinajstić information content (AvgIpc) is 2.91. The Labute approximate surface area is 132 Å². The number of benzene rings is 1. The Kier molecular flexibility index (Phi) is 4.91. The molecule has 0 bridgehead atoms. The van der Waals surface area contributed by atoms with Crippen molar-refractivity contribution in [2.24, 2.45) is 5.41 Å². The molecule has 0 atom stereocenters. The highest BCUT2D eigenvalue weighted by atomic mass is 79.9. The highest BCUT2D eigenvalue weighted by Crippen LogP contribution is 2.41. The molecular weight excluding hydrogens is 343 g/mol. The second-order valence-corrected chi connectivity index (χ2v) is 6.41. The van der Waals surface area contributed by atoms with E-state index in [1.165, 1.54) is 6.07 Å². The first-order chi connectivity index (χ1) is 9.85. The molecule has 0 unspecified atom stereocenters. The van der Waals surface area contributed by atoms with Crippen LogP contribution in [-0.2, 0) is 11.5 Å². The Bertz CT molecular complexity index is 495. The van der Waals surface area contributed by atoms with Gasteiger partial charge < -0.3 is 4.90 Å². The molecule has 0 amide bonds. The van der Waals surface area contributed by atoms with Crippen LogP contribution >= 0.6 is 15.9 Å². The van der Waals surface area contributed by atoms with Crippen LogP contribution in [0.2, 0.25) is 0 Å². The molecule has 1 aromatic rings. The van der Waals surface area contributed by atoms with Gasteiger partial charge in [0.25, 0.3) is 0 Å². The molecule has 2 rings (SSSR count). The van der Waals surface area contributed by atoms with E-state index in [0.29, 0.717) is 11.3 Å². The maximum atomic E-state index is 13.1. The molecule has 21 heavy (non-hydrogen) atoms. The first-order valence-corrected chi connectivity index (χ1v) is 8.48. The molecule has 1 heterocycles. The van der Waals surface area contributed by atoms with Crippen LogP contribution in [0.1, 0.15) is 44.2 Å². The van der Waals surface area contributed by atoms with Crippen molar-refractivity contribution in [3.8, 4) is 0 Å². The van der Waals surface area contributed by atoms with Gasteiger partial charge in [-0.25, -0.2) is 0 Å². The highest BCUT2D eigenvalue weighted by molar-refractivity contribution is 9.08. The molecule has 1 saturated heterocycles. The zero-order chi connectivity index (χ0) is 15.7. The van der Waals surface area contributed by atoms with Crippen LogP contribution in [0.3, 0.4) is 0 Å². The summed E-state index contributed by atoms with van der Waals surface area (Å²) < 4.78 is 39.4. The van der Waals surface area contributed by atoms with Crippen molar-refractivity contribution in [2.45, 2.75) is 44.6 Å². The monoisotopic (exact) mass is 363 g/mol. The first kappa shape index (κ1) is 16.7. The van der Waals surface area contributed by atoms with E-state index in [2.05, 4.69) is 34.7 Å². The SMILES string of the molecule is CCC1(CC)CCN(c2ccc(CBr)c(C(F)(F)F)c2)C1. The van der Waals surface area contributed by atoms with Gasteiger partial charge in [0.1, 0.15) is 0 Å². The Morgan fingerprint density at radius 3 is 2.38 bits per heavy atom. The second-order valence-electron chi connectivity index (χ2n) is 5.85. The summed E-state index contributed by atoms with van der Waals surface area (Å²) in [6.45, 7) is 6.03. The van der Waals surface area contributed by atoms with Crippen LogP contribution < -0.4 is 4.90 Å². The summed E-state index contributed by atoms with van der Waals surface area (Å²) in [6, 6.07) is 4.70. The van der Waals surface area contributed by atoms with E-state index < -0.39 is 11.7 Å². The number of rotatable bonds is 4. The normalized spacial score (nSPS) is 18.3. The smallest absolute Gasteiger partial charge is 0.371 e. The van der Waals surface area contributed by atoms with Crippen molar-refractivity contribution in [1.29, 1.82) is 0 Å². The summed E-state index contributed by atoms with van der Waals surface area (Å²) in [6.07, 6.45) is -1.09. The van der Waals surface area contributed by atoms with Crippen LogP contribution in [-0.4, -0.2) is 13.1 Å². The minimum absolute atomic E-state index is 0.218. The molecule has 0 spiro atoms. The van der Waals surface area contributed by atoms with Gasteiger partial charge in [-0.2, -0.15) is 13.2 Å². The van der Waals surface area contributed by atoms with Crippen LogP contribution in [0.4, 0.5) is 18.9 Å². The molecule has 0 N–H and O–H groups in total. The topological polar surface area (TPSA) is 3.24 Å². The molecule has 0 saturated carbocycles. The van der Waals surface area contributed by atoms with Crippen molar-refractivity contribution in [3.05, 3.63) is 29.3 Å². The number of halogens is 4. The lowest BCUT2D eigenvalue weighted by atomic mass is 9.82. The van der Waals surface area contributed by atoms with Crippen molar-refractivity contribution in [1.82, 2.24) is 0 Å². The molecular formula is C16H21BrF3N. The molecule has 1 nitrogen and oxygen atoms in total. The summed E-state index contributed by atoms with van der Waals surface area (Å²) in [5.41, 5.74) is 0.716. The van der Waals surface area contributed by atoms with E-state index in [0.717, 1.165) is 32.4 Å². The molecule has 1 aliphatic rings. The molecule has 0 aromatic heterocycles. The van der Waals surface area contributed by atoms with Crippen LogP contribution in [0, 0.1) is 5.41 Å². The van der Waals surface area contributed by atoms with E-state index in [9.17, 15) is 13.2 Å². The Morgan fingerprint density at radius 1 is 1.24 bits per heavy atom. The molecule has 0 radical (unpaired) electrons. The number of hydrogen-bond donors (Lipinski definition) is 0. The largest absolute Gasteiger partial charge is 0.416 e. The number of hydrogen-bond acceptors (Lipinski definition) is 1. The Balaban J connectivity index is 2.30. The molecule has 118 valence electrons. The third-order valence-electron chi connectivity index (χ3n) is 4.85. The Morgan fingerprint density at radius 2 is 1.90 bits per heavy atom. The fourth-order valence-electron chi connectivity index (χ4n) is 3.12. The number of anilines is 1. The van der Waals surface area contributed by atoms with Gasteiger partial charge in [0.15, 0.2) is 0 Å². The maximum Gasteiger partial charge on any atom is 0.416 e. The van der Waals surface area contributed by atoms with Gasteiger partial charge in [0.05, 0.1) is 5.56 Å². The van der Waals surface area contributed by atoms with Gasteiger partial charge in [-0.1, -0.05) is 35.8 Å². The van der Waals surface area contributed by atoms with Gasteiger partial charge in [-0.05, 0) is 42.4 Å². The number of nitrogens with zero attached hydrogens (tertiary/aromatic N) is 1. The summed E-state index contributed by atoms with van der Waals surface area (Å²) >= 11 is 3.14. The first-order valence-electron chi connectivity index (χ1n) is 7.36. The predicted octanol–water partition coefficient (Wildman–Crippen LogP) is 5.62. The predicted molar refractivity (Wildman–Crippen MR) is 83.9 cm³/mol. The van der Waals surface area contributed by atoms with E-state index >= 15 is 0 Å². The minimum Gasteiger partial charge on any atom is -0.371 e. The molecule has 1 aromatic carbocycles. The van der Waals surface area contributed by atoms with E-state index in [4.69, 9.17) is 0 Å². The molecule has 5 heteroatoms. The van der Waals surface area contributed by atoms with Gasteiger partial charge in [0.2, 0.25) is 0 Å². The summed E-state index contributed by atoms with van der Waals surface area (Å²) in [5.74, 6) is 0. The fourth-order valence-corrected chi connectivity index (χ4v) is 3.61. The zero-order valence-corrected chi connectivity index (χ0v) is 14.0. The standard InChI is InChI=1S/C16H21BrF3N/c1-3-15(4-2)7-8-21(11-15)13-6-5-12(10-17)14(9-13)16(18,19)20/h5-6,9H,3-4,7-8,10-11H2,1-2H3. The fraction of sp³-hybridized carbons (Fsp3) is 0.625. The summed E-state index contributed by atoms with van der Waals surface area (Å²) in [5, 5.41) is 0.218. The van der Waals surface area contributed by atoms with Crippen molar-refractivity contribution in [3.63, 3.8) is 0 Å². The van der Waals surface area contributed by atoms with E-state index in [1.807, 2.05) is 6.07 Å². The van der Waals surface area contributed by atoms with Crippen LogP contribution in [0.5, 0.6) is 0 Å². The third kappa shape index (κ3) is 3.38. The van der Waals surface area contributed by atoms with Gasteiger partial charge in [-0.15, -0.1) is 0 Å². The minimum atomic E-state index is -4.30. The van der Waals surface area contributed by atoms with E-state index in [1.54, 1.807) is 6.07 Å². The summed E-state index contributed by atoms with van der Waals surface area (Å²) in [4.78, 5) is 2.10. The van der Waals surface area contributed by atoms with Gasteiger partial charge in [-0.3, -0.25) is 0 Å². The lowest BCUT2D eigenvalue weighted by Gasteiger charge is -2.27. The Hall–Kier alpha value is -0.710. The highest BCUT2D eigenvalue weighted by Gasteiger charge is 2.37. The zero-order valence-electron chi connectivity index (χ0n) is 12.4. The summed E-state index contributed by atoms with van der Waals surface area (Å²) in [7, 11) is 0. The van der Waals surface area contributed by atoms with Crippen LogP contribution in [0.15, 0.2) is 18.2 Å². The van der Waals surface area contributed by atoms with Crippen molar-refractivity contribution in [2.75, 3.05) is 18.0 Å². The van der Waals surface area contributed by atoms with Crippen molar-refractivity contribution >= 4 is 21.6 Å². The van der Waals surface area contributed by atoms with Gasteiger partial charge >= 0.3 is 6.18 Å². The molecule has 0 aliphatic carbocycles. The second kappa shape index (κ2) is 6.19. The lowest BCUT2D eigenvalue weighted by Crippen LogP contribution is -2.26. The maximum absolute atomic E-state index is 13.1. The average molecular weight is 364 g/mol. The number of alkyl halides is 4. The molecule has 1 aliphatic heterocycles. The van der Waals surface area contributed by atoms with Crippen molar-refractivity contribution < 1.29 is 13.2 Å². The van der Waals surface area contributed by atoms with Crippen LogP contribution in [0.25, 0.3) is 0 Å². The molecule has 1 fully saturated rings. The lowest BCUT2D eigenvalue weighted by molar-refractivity contribution is -0.138. The third-order valence-corrected chi connectivity index (χ3v) is 5.45. The van der Waals surface area contributed by atoms with E-state index in [-0.39, 0.29) is 10.7 Å².